The van der Waals surface area contributed by atoms with E-state index in [2.05, 4.69) is 11.0 Å². The van der Waals surface area contributed by atoms with Crippen LogP contribution in [0.1, 0.15) is 5.56 Å². The second-order valence-corrected chi connectivity index (χ2v) is 4.92. The summed E-state index contributed by atoms with van der Waals surface area (Å²) >= 11 is 0. The van der Waals surface area contributed by atoms with Gasteiger partial charge in [0.15, 0.2) is 0 Å². The number of aldehydes is 1. The van der Waals surface area contributed by atoms with Crippen LogP contribution in [-0.2, 0) is 11.3 Å². The number of carbonyl (C=O) groups excluding carboxylic acids is 1. The van der Waals surface area contributed by atoms with Crippen LogP contribution in [0.15, 0.2) is 36.4 Å². The van der Waals surface area contributed by atoms with Crippen molar-refractivity contribution in [3.05, 3.63) is 42.0 Å². The van der Waals surface area contributed by atoms with Gasteiger partial charge in [-0.25, -0.2) is 0 Å². The third kappa shape index (κ3) is 1.97. The molecule has 3 heteroatoms. The molecule has 0 unspecified atom stereocenters. The Kier molecular flexibility index (Phi) is 2.76. The molecule has 0 spiro atoms. The van der Waals surface area contributed by atoms with E-state index in [9.17, 15) is 9.90 Å². The van der Waals surface area contributed by atoms with Gasteiger partial charge >= 0.3 is 0 Å². The minimum Gasteiger partial charge on any atom is -0.507 e. The Labute approximate surface area is 106 Å². The highest BCUT2D eigenvalue weighted by Crippen LogP contribution is 2.26. The van der Waals surface area contributed by atoms with Crippen LogP contribution in [0.5, 0.6) is 5.75 Å². The predicted molar refractivity (Wildman–Crippen MR) is 70.4 cm³/mol. The van der Waals surface area contributed by atoms with Gasteiger partial charge in [0.2, 0.25) is 0 Å². The fourth-order valence-corrected chi connectivity index (χ4v) is 2.50. The molecule has 18 heavy (non-hydrogen) atoms. The van der Waals surface area contributed by atoms with Crippen LogP contribution in [0.4, 0.5) is 0 Å². The van der Waals surface area contributed by atoms with Crippen molar-refractivity contribution in [2.45, 2.75) is 6.54 Å². The molecule has 3 nitrogen and oxygen atoms in total. The van der Waals surface area contributed by atoms with Gasteiger partial charge < -0.3 is 9.90 Å². The van der Waals surface area contributed by atoms with Gasteiger partial charge in [-0.2, -0.15) is 0 Å². The Morgan fingerprint density at radius 2 is 2.11 bits per heavy atom. The highest BCUT2D eigenvalue weighted by Gasteiger charge is 2.25. The largest absolute Gasteiger partial charge is 0.507 e. The van der Waals surface area contributed by atoms with Crippen LogP contribution in [0.2, 0.25) is 0 Å². The van der Waals surface area contributed by atoms with Crippen molar-refractivity contribution in [1.82, 2.24) is 4.90 Å². The van der Waals surface area contributed by atoms with Crippen molar-refractivity contribution >= 4 is 17.1 Å². The molecule has 1 fully saturated rings. The van der Waals surface area contributed by atoms with Crippen LogP contribution < -0.4 is 0 Å². The Hall–Kier alpha value is -1.87. The molecular formula is C15H15NO2. The molecule has 2 aromatic rings. The zero-order valence-electron chi connectivity index (χ0n) is 10.0. The fourth-order valence-electron chi connectivity index (χ4n) is 2.50. The van der Waals surface area contributed by atoms with Crippen LogP contribution in [0.3, 0.4) is 0 Å². The molecule has 1 saturated heterocycles. The smallest absolute Gasteiger partial charge is 0.125 e. The first-order valence-electron chi connectivity index (χ1n) is 6.14. The molecule has 0 radical (unpaired) electrons. The van der Waals surface area contributed by atoms with Gasteiger partial charge in [0.1, 0.15) is 12.0 Å². The van der Waals surface area contributed by atoms with E-state index in [-0.39, 0.29) is 5.92 Å². The number of rotatable bonds is 3. The zero-order chi connectivity index (χ0) is 12.5. The second kappa shape index (κ2) is 4.42. The first kappa shape index (κ1) is 11.2. The van der Waals surface area contributed by atoms with Crippen LogP contribution in [0, 0.1) is 5.92 Å². The number of phenolic OH excluding ortho intramolecular Hbond substituents is 1. The number of aromatic hydroxyl groups is 1. The lowest BCUT2D eigenvalue weighted by atomic mass is 10.00. The van der Waals surface area contributed by atoms with Crippen LogP contribution in [-0.4, -0.2) is 29.4 Å². The first-order valence-corrected chi connectivity index (χ1v) is 6.14. The highest BCUT2D eigenvalue weighted by atomic mass is 16.3. The summed E-state index contributed by atoms with van der Waals surface area (Å²) in [7, 11) is 0. The number of hydrogen-bond donors (Lipinski definition) is 1. The van der Waals surface area contributed by atoms with E-state index in [0.29, 0.717) is 5.75 Å². The van der Waals surface area contributed by atoms with Gasteiger partial charge in [0.25, 0.3) is 0 Å². The topological polar surface area (TPSA) is 40.5 Å². The molecule has 0 saturated carbocycles. The predicted octanol–water partition coefficient (Wildman–Crippen LogP) is 2.18. The molecule has 92 valence electrons. The number of nitrogens with zero attached hydrogens (tertiary/aromatic N) is 1. The Morgan fingerprint density at radius 3 is 2.89 bits per heavy atom. The second-order valence-electron chi connectivity index (χ2n) is 4.92. The van der Waals surface area contributed by atoms with E-state index in [1.54, 1.807) is 6.07 Å². The molecule has 1 heterocycles. The number of fused-ring (bicyclic) bond motifs is 1. The summed E-state index contributed by atoms with van der Waals surface area (Å²) in [4.78, 5) is 12.8. The summed E-state index contributed by atoms with van der Waals surface area (Å²) in [5, 5.41) is 11.7. The van der Waals surface area contributed by atoms with Crippen molar-refractivity contribution in [2.24, 2.45) is 5.92 Å². The standard InChI is InChI=1S/C15H15NO2/c17-10-12-8-16(9-12)7-11-4-5-14-13(6-11)2-1-3-15(14)18/h1-6,10,12,18H,7-9H2. The third-order valence-electron chi connectivity index (χ3n) is 3.51. The van der Waals surface area contributed by atoms with E-state index >= 15 is 0 Å². The molecule has 0 atom stereocenters. The SMILES string of the molecule is O=CC1CN(Cc2ccc3c(O)cccc3c2)C1. The molecular weight excluding hydrogens is 226 g/mol. The Bertz CT molecular complexity index is 588. The average Bonchev–Trinajstić information content (AvgIpc) is 2.33. The van der Waals surface area contributed by atoms with Gasteiger partial charge in [0, 0.05) is 30.9 Å². The maximum Gasteiger partial charge on any atom is 0.125 e. The van der Waals surface area contributed by atoms with Gasteiger partial charge in [-0.15, -0.1) is 0 Å². The fraction of sp³-hybridized carbons (Fsp3) is 0.267. The van der Waals surface area contributed by atoms with Crippen molar-refractivity contribution in [3.8, 4) is 5.75 Å². The minimum atomic E-state index is 0.217. The summed E-state index contributed by atoms with van der Waals surface area (Å²) < 4.78 is 0. The van der Waals surface area contributed by atoms with Gasteiger partial charge in [0.05, 0.1) is 0 Å². The molecule has 0 amide bonds. The molecule has 2 aromatic carbocycles. The van der Waals surface area contributed by atoms with Crippen molar-refractivity contribution in [2.75, 3.05) is 13.1 Å². The van der Waals surface area contributed by atoms with E-state index < -0.39 is 0 Å². The van der Waals surface area contributed by atoms with E-state index in [4.69, 9.17) is 0 Å². The van der Waals surface area contributed by atoms with Gasteiger partial charge in [-0.3, -0.25) is 4.90 Å². The van der Waals surface area contributed by atoms with E-state index in [1.807, 2.05) is 24.3 Å². The lowest BCUT2D eigenvalue weighted by Crippen LogP contribution is -2.46. The van der Waals surface area contributed by atoms with Gasteiger partial charge in [-0.05, 0) is 23.1 Å². The number of phenols is 1. The summed E-state index contributed by atoms with van der Waals surface area (Å²) in [6.45, 7) is 2.60. The maximum atomic E-state index is 10.5. The molecule has 0 bridgehead atoms. The monoisotopic (exact) mass is 241 g/mol. The molecule has 1 N–H and O–H groups in total. The lowest BCUT2D eigenvalue weighted by molar-refractivity contribution is -0.115. The highest BCUT2D eigenvalue weighted by molar-refractivity contribution is 5.88. The molecule has 1 aliphatic rings. The summed E-state index contributed by atoms with van der Waals surface area (Å²) in [5.41, 5.74) is 1.22. The van der Waals surface area contributed by atoms with Crippen LogP contribution >= 0.6 is 0 Å². The van der Waals surface area contributed by atoms with Crippen molar-refractivity contribution < 1.29 is 9.90 Å². The lowest BCUT2D eigenvalue weighted by Gasteiger charge is -2.36. The van der Waals surface area contributed by atoms with Crippen molar-refractivity contribution in [1.29, 1.82) is 0 Å². The quantitative estimate of drug-likeness (QED) is 0.837. The third-order valence-corrected chi connectivity index (χ3v) is 3.51. The number of hydrogen-bond acceptors (Lipinski definition) is 3. The number of carbonyl (C=O) groups is 1. The normalized spacial score (nSPS) is 16.7. The van der Waals surface area contributed by atoms with Crippen LogP contribution in [0.25, 0.3) is 10.8 Å². The zero-order valence-corrected chi connectivity index (χ0v) is 10.0. The molecule has 1 aliphatic heterocycles. The summed E-state index contributed by atoms with van der Waals surface area (Å²) in [5.74, 6) is 0.540. The summed E-state index contributed by atoms with van der Waals surface area (Å²) in [6, 6.07) is 11.7. The number of likely N-dealkylation sites (tertiary alicyclic amines) is 1. The summed E-state index contributed by atoms with van der Waals surface area (Å²) in [6.07, 6.45) is 1.04. The molecule has 3 rings (SSSR count). The average molecular weight is 241 g/mol. The Morgan fingerprint density at radius 1 is 1.28 bits per heavy atom. The minimum absolute atomic E-state index is 0.217. The van der Waals surface area contributed by atoms with Crippen molar-refractivity contribution in [3.63, 3.8) is 0 Å². The van der Waals surface area contributed by atoms with E-state index in [1.165, 1.54) is 5.56 Å². The Balaban J connectivity index is 1.80. The van der Waals surface area contributed by atoms with Gasteiger partial charge in [-0.1, -0.05) is 24.3 Å². The number of benzene rings is 2. The molecule has 0 aromatic heterocycles. The maximum absolute atomic E-state index is 10.5. The van der Waals surface area contributed by atoms with E-state index in [0.717, 1.165) is 36.7 Å². The first-order chi connectivity index (χ1) is 8.76. The molecule has 0 aliphatic carbocycles.